The van der Waals surface area contributed by atoms with Crippen LogP contribution in [0.5, 0.6) is 0 Å². The summed E-state index contributed by atoms with van der Waals surface area (Å²) < 4.78 is 0. The molecule has 0 aliphatic heterocycles. The standard InChI is InChI=1S/C15H23N3O/c1-16-14(17-2)18-5-15(19)12-7-4-8-10-6(7)3-9(12)11(10)13(8)15/h6-13,19H,3-5H2,1-2H3,(H2,16,17,18). The van der Waals surface area contributed by atoms with Crippen molar-refractivity contribution in [3.63, 3.8) is 0 Å². The molecule has 5 aliphatic rings. The third-order valence-electron chi connectivity index (χ3n) is 7.52. The van der Waals surface area contributed by atoms with E-state index in [1.165, 1.54) is 12.8 Å². The van der Waals surface area contributed by atoms with E-state index in [4.69, 9.17) is 0 Å². The molecule has 0 aromatic rings. The molecule has 2 bridgehead atoms. The molecule has 9 unspecified atom stereocenters. The maximum absolute atomic E-state index is 11.4. The lowest BCUT2D eigenvalue weighted by Gasteiger charge is -2.51. The van der Waals surface area contributed by atoms with Gasteiger partial charge in [0.2, 0.25) is 0 Å². The molecule has 5 fully saturated rings. The van der Waals surface area contributed by atoms with Gasteiger partial charge in [0.1, 0.15) is 0 Å². The highest BCUT2D eigenvalue weighted by atomic mass is 16.3. The molecular formula is C15H23N3O. The Morgan fingerprint density at radius 3 is 2.63 bits per heavy atom. The molecule has 9 atom stereocenters. The van der Waals surface area contributed by atoms with E-state index in [0.717, 1.165) is 41.5 Å². The minimum Gasteiger partial charge on any atom is -0.387 e. The van der Waals surface area contributed by atoms with E-state index < -0.39 is 5.60 Å². The second kappa shape index (κ2) is 3.11. The van der Waals surface area contributed by atoms with E-state index in [9.17, 15) is 5.11 Å². The van der Waals surface area contributed by atoms with Gasteiger partial charge in [-0.1, -0.05) is 0 Å². The lowest BCUT2D eigenvalue weighted by atomic mass is 9.56. The van der Waals surface area contributed by atoms with Crippen molar-refractivity contribution in [1.82, 2.24) is 10.6 Å². The summed E-state index contributed by atoms with van der Waals surface area (Å²) in [5.74, 6) is 7.41. The van der Waals surface area contributed by atoms with Crippen LogP contribution >= 0.6 is 0 Å². The summed E-state index contributed by atoms with van der Waals surface area (Å²) >= 11 is 0. The summed E-state index contributed by atoms with van der Waals surface area (Å²) in [6.07, 6.45) is 2.86. The number of nitrogens with one attached hydrogen (secondary N) is 2. The van der Waals surface area contributed by atoms with Crippen LogP contribution in [-0.4, -0.2) is 37.3 Å². The van der Waals surface area contributed by atoms with Gasteiger partial charge in [0.05, 0.1) is 5.60 Å². The van der Waals surface area contributed by atoms with Crippen molar-refractivity contribution in [1.29, 1.82) is 0 Å². The Hall–Kier alpha value is -0.770. The number of fused-ring (bicyclic) bond motifs is 2. The summed E-state index contributed by atoms with van der Waals surface area (Å²) in [7, 11) is 3.66. The van der Waals surface area contributed by atoms with Crippen LogP contribution in [0, 0.1) is 47.3 Å². The van der Waals surface area contributed by atoms with Crippen molar-refractivity contribution in [2.75, 3.05) is 20.6 Å². The zero-order chi connectivity index (χ0) is 12.9. The molecule has 5 aliphatic carbocycles. The molecule has 0 radical (unpaired) electrons. The summed E-state index contributed by atoms with van der Waals surface area (Å²) in [5.41, 5.74) is -0.447. The molecule has 104 valence electrons. The molecule has 4 nitrogen and oxygen atoms in total. The molecule has 0 aromatic heterocycles. The number of hydrogen-bond donors (Lipinski definition) is 3. The first-order valence-corrected chi connectivity index (χ1v) is 7.81. The average Bonchev–Trinajstić information content (AvgIpc) is 2.89. The maximum atomic E-state index is 11.4. The zero-order valence-corrected chi connectivity index (χ0v) is 11.6. The molecule has 0 amide bonds. The number of aliphatic imine (C=N–C) groups is 1. The maximum Gasteiger partial charge on any atom is 0.190 e. The van der Waals surface area contributed by atoms with E-state index in [-0.39, 0.29) is 0 Å². The number of aliphatic hydroxyl groups is 1. The largest absolute Gasteiger partial charge is 0.387 e. The summed E-state index contributed by atoms with van der Waals surface area (Å²) in [4.78, 5) is 4.16. The van der Waals surface area contributed by atoms with Crippen molar-refractivity contribution in [3.8, 4) is 0 Å². The van der Waals surface area contributed by atoms with E-state index in [1.54, 1.807) is 7.05 Å². The molecule has 3 N–H and O–H groups in total. The van der Waals surface area contributed by atoms with Gasteiger partial charge in [-0.15, -0.1) is 0 Å². The monoisotopic (exact) mass is 261 g/mol. The first-order valence-electron chi connectivity index (χ1n) is 7.81. The third kappa shape index (κ3) is 0.939. The Labute approximate surface area is 114 Å². The van der Waals surface area contributed by atoms with Crippen LogP contribution in [0.15, 0.2) is 4.99 Å². The number of rotatable bonds is 2. The van der Waals surface area contributed by atoms with Gasteiger partial charge in [0, 0.05) is 20.6 Å². The topological polar surface area (TPSA) is 56.7 Å². The Kier molecular flexibility index (Phi) is 1.79. The Morgan fingerprint density at radius 2 is 1.89 bits per heavy atom. The van der Waals surface area contributed by atoms with Crippen LogP contribution in [0.1, 0.15) is 12.8 Å². The molecule has 19 heavy (non-hydrogen) atoms. The number of hydrogen-bond acceptors (Lipinski definition) is 2. The van der Waals surface area contributed by atoms with Gasteiger partial charge in [-0.3, -0.25) is 4.99 Å². The molecule has 4 heteroatoms. The third-order valence-corrected chi connectivity index (χ3v) is 7.52. The minimum atomic E-state index is -0.447. The minimum absolute atomic E-state index is 0.447. The lowest BCUT2D eigenvalue weighted by molar-refractivity contribution is -0.126. The molecule has 5 rings (SSSR count). The van der Waals surface area contributed by atoms with E-state index in [2.05, 4.69) is 15.6 Å². The molecule has 0 saturated heterocycles. The van der Waals surface area contributed by atoms with Crippen LogP contribution in [0.4, 0.5) is 0 Å². The van der Waals surface area contributed by atoms with E-state index in [1.807, 2.05) is 7.05 Å². The van der Waals surface area contributed by atoms with Crippen LogP contribution in [-0.2, 0) is 0 Å². The van der Waals surface area contributed by atoms with Gasteiger partial charge < -0.3 is 15.7 Å². The van der Waals surface area contributed by atoms with Gasteiger partial charge >= 0.3 is 0 Å². The first-order chi connectivity index (χ1) is 9.20. The highest BCUT2D eigenvalue weighted by Crippen LogP contribution is 2.85. The fourth-order valence-corrected chi connectivity index (χ4v) is 7.46. The fourth-order valence-electron chi connectivity index (χ4n) is 7.46. The average molecular weight is 261 g/mol. The SMILES string of the molecule is CN=C(NC)NCC1(O)C2C3CC4C5C3CC2C5C41. The predicted molar refractivity (Wildman–Crippen MR) is 72.5 cm³/mol. The normalized spacial score (nSPS) is 62.8. The lowest BCUT2D eigenvalue weighted by Crippen LogP contribution is -2.59. The van der Waals surface area contributed by atoms with Crippen molar-refractivity contribution < 1.29 is 5.11 Å². The van der Waals surface area contributed by atoms with E-state index >= 15 is 0 Å². The molecule has 0 spiro atoms. The summed E-state index contributed by atoms with van der Waals surface area (Å²) in [5, 5.41) is 17.8. The van der Waals surface area contributed by atoms with Crippen LogP contribution in [0.3, 0.4) is 0 Å². The number of guanidine groups is 1. The fraction of sp³-hybridized carbons (Fsp3) is 0.933. The quantitative estimate of drug-likeness (QED) is 0.495. The van der Waals surface area contributed by atoms with Crippen LogP contribution in [0.2, 0.25) is 0 Å². The van der Waals surface area contributed by atoms with Gasteiger partial charge in [0.15, 0.2) is 5.96 Å². The van der Waals surface area contributed by atoms with Gasteiger partial charge in [-0.2, -0.15) is 0 Å². The number of nitrogens with zero attached hydrogens (tertiary/aromatic N) is 1. The van der Waals surface area contributed by atoms with Crippen molar-refractivity contribution in [3.05, 3.63) is 0 Å². The van der Waals surface area contributed by atoms with Crippen molar-refractivity contribution in [2.45, 2.75) is 18.4 Å². The van der Waals surface area contributed by atoms with E-state index in [0.29, 0.717) is 18.4 Å². The highest BCUT2D eigenvalue weighted by Gasteiger charge is 2.84. The van der Waals surface area contributed by atoms with Crippen molar-refractivity contribution in [2.24, 2.45) is 52.3 Å². The van der Waals surface area contributed by atoms with Gasteiger partial charge in [-0.25, -0.2) is 0 Å². The molecule has 0 aromatic carbocycles. The summed E-state index contributed by atoms with van der Waals surface area (Å²) in [6, 6.07) is 0. The van der Waals surface area contributed by atoms with Crippen LogP contribution < -0.4 is 10.6 Å². The highest BCUT2D eigenvalue weighted by molar-refractivity contribution is 5.79. The second-order valence-electron chi connectivity index (χ2n) is 7.50. The predicted octanol–water partition coefficient (Wildman–Crippen LogP) is 0.290. The Balaban J connectivity index is 1.45. The van der Waals surface area contributed by atoms with Crippen molar-refractivity contribution >= 4 is 5.96 Å². The van der Waals surface area contributed by atoms with Gasteiger partial charge in [0.25, 0.3) is 0 Å². The summed E-state index contributed by atoms with van der Waals surface area (Å²) in [6.45, 7) is 0.690. The molecule has 0 heterocycles. The van der Waals surface area contributed by atoms with Gasteiger partial charge in [-0.05, 0) is 60.2 Å². The smallest absolute Gasteiger partial charge is 0.190 e. The second-order valence-corrected chi connectivity index (χ2v) is 7.50. The molecular weight excluding hydrogens is 238 g/mol. The molecule has 5 saturated carbocycles. The Morgan fingerprint density at radius 1 is 1.16 bits per heavy atom. The van der Waals surface area contributed by atoms with Crippen LogP contribution in [0.25, 0.3) is 0 Å². The Bertz CT molecular complexity index is 472. The first kappa shape index (κ1) is 11.0. The zero-order valence-electron chi connectivity index (χ0n) is 11.6.